The maximum Gasteiger partial charge on any atom is 0.278 e. The molecule has 3 heteroatoms. The van der Waals surface area contributed by atoms with Gasteiger partial charge >= 0.3 is 0 Å². The topological polar surface area (TPSA) is 42.3 Å². The molecule has 0 bridgehead atoms. The molecule has 0 saturated heterocycles. The number of rotatable bonds is 2. The predicted molar refractivity (Wildman–Crippen MR) is 51.9 cm³/mol. The zero-order chi connectivity index (χ0) is 9.68. The minimum absolute atomic E-state index is 0.234. The van der Waals surface area contributed by atoms with E-state index in [-0.39, 0.29) is 5.91 Å². The van der Waals surface area contributed by atoms with Crippen molar-refractivity contribution in [1.82, 2.24) is 4.98 Å². The van der Waals surface area contributed by atoms with E-state index in [0.29, 0.717) is 11.5 Å². The largest absolute Gasteiger partial charge is 0.278 e. The van der Waals surface area contributed by atoms with E-state index < -0.39 is 0 Å². The molecule has 0 saturated carbocycles. The number of carbonyl (C=O) groups is 1. The van der Waals surface area contributed by atoms with Crippen LogP contribution in [0.25, 0.3) is 0 Å². The normalized spacial score (nSPS) is 11.0. The fourth-order valence-electron chi connectivity index (χ4n) is 0.781. The van der Waals surface area contributed by atoms with Gasteiger partial charge in [-0.25, -0.2) is 4.99 Å². The third kappa shape index (κ3) is 3.15. The summed E-state index contributed by atoms with van der Waals surface area (Å²) in [6.07, 6.45) is 4.78. The van der Waals surface area contributed by atoms with E-state index in [1.54, 1.807) is 24.5 Å². The Bertz CT molecular complexity index is 304. The van der Waals surface area contributed by atoms with Crippen LogP contribution in [0.4, 0.5) is 0 Å². The summed E-state index contributed by atoms with van der Waals surface area (Å²) in [5, 5.41) is 0. The Morgan fingerprint density at radius 2 is 2.38 bits per heavy atom. The molecule has 1 heterocycles. The van der Waals surface area contributed by atoms with Gasteiger partial charge in [0.1, 0.15) is 0 Å². The first-order valence-corrected chi connectivity index (χ1v) is 4.18. The molecule has 0 atom stereocenters. The molecule has 0 radical (unpaired) electrons. The summed E-state index contributed by atoms with van der Waals surface area (Å²) in [4.78, 5) is 18.9. The average Bonchev–Trinajstić information content (AvgIpc) is 2.15. The second kappa shape index (κ2) is 4.50. The monoisotopic (exact) mass is 176 g/mol. The molecule has 1 rings (SSSR count). The van der Waals surface area contributed by atoms with E-state index >= 15 is 0 Å². The summed E-state index contributed by atoms with van der Waals surface area (Å²) in [6, 6.07) is 3.42. The van der Waals surface area contributed by atoms with Gasteiger partial charge in [-0.1, -0.05) is 13.8 Å². The maximum atomic E-state index is 11.3. The van der Waals surface area contributed by atoms with Gasteiger partial charge in [-0.2, -0.15) is 0 Å². The number of amides is 1. The number of pyridine rings is 1. The van der Waals surface area contributed by atoms with Crippen LogP contribution in [0.5, 0.6) is 0 Å². The Balaban J connectivity index is 2.70. The SMILES string of the molecule is CC(C)C=NC(=O)c1cccnc1. The van der Waals surface area contributed by atoms with Crippen molar-refractivity contribution in [1.29, 1.82) is 0 Å². The minimum atomic E-state index is -0.234. The molecule has 1 aromatic rings. The fraction of sp³-hybridized carbons (Fsp3) is 0.300. The summed E-state index contributed by atoms with van der Waals surface area (Å²) in [5.41, 5.74) is 0.527. The highest BCUT2D eigenvalue weighted by molar-refractivity contribution is 5.98. The zero-order valence-corrected chi connectivity index (χ0v) is 7.77. The minimum Gasteiger partial charge on any atom is -0.267 e. The number of hydrogen-bond acceptors (Lipinski definition) is 2. The average molecular weight is 176 g/mol. The van der Waals surface area contributed by atoms with Crippen molar-refractivity contribution < 1.29 is 4.79 Å². The summed E-state index contributed by atoms with van der Waals surface area (Å²) in [6.45, 7) is 3.94. The van der Waals surface area contributed by atoms with Crippen molar-refractivity contribution in [3.05, 3.63) is 30.1 Å². The second-order valence-corrected chi connectivity index (χ2v) is 3.07. The van der Waals surface area contributed by atoms with Crippen LogP contribution in [0.3, 0.4) is 0 Å². The molecule has 0 spiro atoms. The lowest BCUT2D eigenvalue weighted by molar-refractivity contribution is 0.100. The third-order valence-electron chi connectivity index (χ3n) is 1.40. The number of carbonyl (C=O) groups excluding carboxylic acids is 1. The molecule has 1 aromatic heterocycles. The Kier molecular flexibility index (Phi) is 3.31. The second-order valence-electron chi connectivity index (χ2n) is 3.07. The first-order chi connectivity index (χ1) is 6.20. The van der Waals surface area contributed by atoms with Crippen molar-refractivity contribution in [2.75, 3.05) is 0 Å². The van der Waals surface area contributed by atoms with E-state index in [1.807, 2.05) is 13.8 Å². The lowest BCUT2D eigenvalue weighted by atomic mass is 10.2. The van der Waals surface area contributed by atoms with Crippen LogP contribution in [0.15, 0.2) is 29.5 Å². The highest BCUT2D eigenvalue weighted by Gasteiger charge is 2.01. The summed E-state index contributed by atoms with van der Waals surface area (Å²) >= 11 is 0. The third-order valence-corrected chi connectivity index (χ3v) is 1.40. The molecule has 0 fully saturated rings. The quantitative estimate of drug-likeness (QED) is 0.646. The standard InChI is InChI=1S/C10H12N2O/c1-8(2)6-12-10(13)9-4-3-5-11-7-9/h3-8H,1-2H3. The molecule has 0 unspecified atom stereocenters. The number of aromatic nitrogens is 1. The van der Waals surface area contributed by atoms with Crippen LogP contribution in [0.1, 0.15) is 24.2 Å². The van der Waals surface area contributed by atoms with Gasteiger partial charge < -0.3 is 0 Å². The van der Waals surface area contributed by atoms with Crippen LogP contribution in [0, 0.1) is 5.92 Å². The van der Waals surface area contributed by atoms with E-state index in [0.717, 1.165) is 0 Å². The molecule has 1 amide bonds. The highest BCUT2D eigenvalue weighted by atomic mass is 16.1. The van der Waals surface area contributed by atoms with E-state index in [2.05, 4.69) is 9.98 Å². The van der Waals surface area contributed by atoms with Crippen molar-refractivity contribution in [3.63, 3.8) is 0 Å². The molecule has 0 aromatic carbocycles. The van der Waals surface area contributed by atoms with E-state index in [9.17, 15) is 4.79 Å². The number of hydrogen-bond donors (Lipinski definition) is 0. The molecule has 3 nitrogen and oxygen atoms in total. The van der Waals surface area contributed by atoms with Gasteiger partial charge in [0.15, 0.2) is 0 Å². The Morgan fingerprint density at radius 1 is 1.62 bits per heavy atom. The van der Waals surface area contributed by atoms with Gasteiger partial charge in [-0.15, -0.1) is 0 Å². The Hall–Kier alpha value is -1.51. The van der Waals surface area contributed by atoms with Gasteiger partial charge in [0.25, 0.3) is 5.91 Å². The first kappa shape index (κ1) is 9.58. The Labute approximate surface area is 77.5 Å². The van der Waals surface area contributed by atoms with E-state index in [1.165, 1.54) is 6.20 Å². The van der Waals surface area contributed by atoms with Crippen molar-refractivity contribution in [2.24, 2.45) is 10.9 Å². The first-order valence-electron chi connectivity index (χ1n) is 4.18. The van der Waals surface area contributed by atoms with Crippen molar-refractivity contribution >= 4 is 12.1 Å². The summed E-state index contributed by atoms with van der Waals surface area (Å²) in [5.74, 6) is 0.0578. The van der Waals surface area contributed by atoms with Crippen LogP contribution >= 0.6 is 0 Å². The molecule has 0 aliphatic carbocycles. The fourth-order valence-corrected chi connectivity index (χ4v) is 0.781. The molecular formula is C10H12N2O. The molecular weight excluding hydrogens is 164 g/mol. The van der Waals surface area contributed by atoms with Gasteiger partial charge in [-0.05, 0) is 18.1 Å². The lowest BCUT2D eigenvalue weighted by Crippen LogP contribution is -1.98. The van der Waals surface area contributed by atoms with Gasteiger partial charge in [0.05, 0.1) is 5.56 Å². The Morgan fingerprint density at radius 3 is 2.92 bits per heavy atom. The molecule has 0 aliphatic rings. The highest BCUT2D eigenvalue weighted by Crippen LogP contribution is 1.98. The van der Waals surface area contributed by atoms with Gasteiger partial charge in [-0.3, -0.25) is 9.78 Å². The maximum absolute atomic E-state index is 11.3. The summed E-state index contributed by atoms with van der Waals surface area (Å²) in [7, 11) is 0. The van der Waals surface area contributed by atoms with Crippen LogP contribution in [0.2, 0.25) is 0 Å². The lowest BCUT2D eigenvalue weighted by Gasteiger charge is -1.94. The molecule has 0 aliphatic heterocycles. The molecule has 68 valence electrons. The smallest absolute Gasteiger partial charge is 0.267 e. The van der Waals surface area contributed by atoms with Crippen LogP contribution in [-0.2, 0) is 0 Å². The van der Waals surface area contributed by atoms with Crippen LogP contribution < -0.4 is 0 Å². The zero-order valence-electron chi connectivity index (χ0n) is 7.77. The van der Waals surface area contributed by atoms with Crippen LogP contribution in [-0.4, -0.2) is 17.1 Å². The molecule has 0 N–H and O–H groups in total. The van der Waals surface area contributed by atoms with Crippen molar-refractivity contribution in [3.8, 4) is 0 Å². The predicted octanol–water partition coefficient (Wildman–Crippen LogP) is 1.95. The summed E-state index contributed by atoms with van der Waals surface area (Å²) < 4.78 is 0. The molecule has 13 heavy (non-hydrogen) atoms. The van der Waals surface area contributed by atoms with Gasteiger partial charge in [0.2, 0.25) is 0 Å². The van der Waals surface area contributed by atoms with E-state index in [4.69, 9.17) is 0 Å². The number of nitrogens with zero attached hydrogens (tertiary/aromatic N) is 2. The van der Waals surface area contributed by atoms with Crippen molar-refractivity contribution in [2.45, 2.75) is 13.8 Å². The van der Waals surface area contributed by atoms with Gasteiger partial charge in [0, 0.05) is 18.6 Å². The number of aliphatic imine (C=N–C) groups is 1.